The maximum absolute atomic E-state index is 12.0. The molecule has 2 aliphatic heterocycles. The van der Waals surface area contributed by atoms with Crippen molar-refractivity contribution in [1.29, 1.82) is 0 Å². The van der Waals surface area contributed by atoms with Crippen LogP contribution in [0.15, 0.2) is 6.20 Å². The van der Waals surface area contributed by atoms with E-state index < -0.39 is 6.09 Å². The lowest BCUT2D eigenvalue weighted by atomic mass is 10.0. The summed E-state index contributed by atoms with van der Waals surface area (Å²) >= 11 is 0. The molecule has 0 aromatic carbocycles. The molecule has 2 aliphatic rings. The lowest BCUT2D eigenvalue weighted by molar-refractivity contribution is 0.149. The zero-order valence-corrected chi connectivity index (χ0v) is 10.8. The molecule has 0 radical (unpaired) electrons. The first-order valence-electron chi connectivity index (χ1n) is 6.49. The van der Waals surface area contributed by atoms with Gasteiger partial charge < -0.3 is 20.2 Å². The fourth-order valence-corrected chi connectivity index (χ4v) is 2.90. The van der Waals surface area contributed by atoms with Gasteiger partial charge in [-0.3, -0.25) is 5.10 Å². The number of carboxylic acid groups (broad SMARTS) is 1. The SMILES string of the molecule is O=C(O)N1CC2CN(C(=O)NCc3c[nH]nn3)CC2C1. The van der Waals surface area contributed by atoms with E-state index in [1.165, 1.54) is 4.90 Å². The van der Waals surface area contributed by atoms with Gasteiger partial charge in [0.2, 0.25) is 0 Å². The van der Waals surface area contributed by atoms with Crippen molar-refractivity contribution in [3.8, 4) is 0 Å². The van der Waals surface area contributed by atoms with E-state index >= 15 is 0 Å². The minimum atomic E-state index is -0.874. The summed E-state index contributed by atoms with van der Waals surface area (Å²) in [5.74, 6) is 0.507. The quantitative estimate of drug-likeness (QED) is 0.679. The topological polar surface area (TPSA) is 114 Å². The highest BCUT2D eigenvalue weighted by Crippen LogP contribution is 2.30. The van der Waals surface area contributed by atoms with E-state index in [4.69, 9.17) is 5.11 Å². The molecule has 2 atom stereocenters. The number of amides is 3. The number of H-pyrrole nitrogens is 1. The van der Waals surface area contributed by atoms with Gasteiger partial charge in [-0.05, 0) is 0 Å². The van der Waals surface area contributed by atoms with Crippen LogP contribution in [0, 0.1) is 11.8 Å². The fraction of sp³-hybridized carbons (Fsp3) is 0.636. The molecule has 9 heteroatoms. The van der Waals surface area contributed by atoms with Crippen LogP contribution in [-0.4, -0.2) is 68.6 Å². The molecule has 108 valence electrons. The summed E-state index contributed by atoms with van der Waals surface area (Å²) in [6, 6.07) is -0.135. The highest BCUT2D eigenvalue weighted by molar-refractivity contribution is 5.74. The number of fused-ring (bicyclic) bond motifs is 1. The molecule has 3 rings (SSSR count). The number of hydrogen-bond donors (Lipinski definition) is 3. The first-order valence-corrected chi connectivity index (χ1v) is 6.49. The highest BCUT2D eigenvalue weighted by Gasteiger charge is 2.43. The first kappa shape index (κ1) is 12.7. The zero-order chi connectivity index (χ0) is 14.1. The van der Waals surface area contributed by atoms with Gasteiger partial charge in [-0.15, -0.1) is 5.10 Å². The molecule has 2 saturated heterocycles. The van der Waals surface area contributed by atoms with Crippen LogP contribution in [0.25, 0.3) is 0 Å². The molecule has 2 unspecified atom stereocenters. The molecule has 20 heavy (non-hydrogen) atoms. The second kappa shape index (κ2) is 4.99. The Bertz CT molecular complexity index is 490. The van der Waals surface area contributed by atoms with Gasteiger partial charge in [-0.25, -0.2) is 9.59 Å². The van der Waals surface area contributed by atoms with E-state index in [1.807, 2.05) is 0 Å². The van der Waals surface area contributed by atoms with Crippen LogP contribution in [0.4, 0.5) is 9.59 Å². The molecular formula is C11H16N6O3. The number of carbonyl (C=O) groups excluding carboxylic acids is 1. The number of rotatable bonds is 2. The zero-order valence-electron chi connectivity index (χ0n) is 10.8. The van der Waals surface area contributed by atoms with Gasteiger partial charge in [0, 0.05) is 44.2 Å². The van der Waals surface area contributed by atoms with Crippen molar-refractivity contribution in [3.63, 3.8) is 0 Å². The second-order valence-electron chi connectivity index (χ2n) is 5.24. The monoisotopic (exact) mass is 280 g/mol. The third-order valence-corrected chi connectivity index (χ3v) is 3.93. The Labute approximate surface area is 114 Å². The molecule has 3 heterocycles. The molecule has 9 nitrogen and oxygen atoms in total. The van der Waals surface area contributed by atoms with E-state index in [0.29, 0.717) is 38.4 Å². The van der Waals surface area contributed by atoms with Crippen molar-refractivity contribution in [2.45, 2.75) is 6.54 Å². The lowest BCUT2D eigenvalue weighted by Gasteiger charge is -2.20. The third-order valence-electron chi connectivity index (χ3n) is 3.93. The van der Waals surface area contributed by atoms with E-state index in [1.54, 1.807) is 11.1 Å². The number of likely N-dealkylation sites (tertiary alicyclic amines) is 2. The van der Waals surface area contributed by atoms with Crippen LogP contribution < -0.4 is 5.32 Å². The summed E-state index contributed by atoms with van der Waals surface area (Å²) in [7, 11) is 0. The number of hydrogen-bond acceptors (Lipinski definition) is 4. The molecular weight excluding hydrogens is 264 g/mol. The number of aromatic nitrogens is 3. The first-order chi connectivity index (χ1) is 9.63. The number of nitrogens with zero attached hydrogens (tertiary/aromatic N) is 4. The van der Waals surface area contributed by atoms with E-state index in [0.717, 1.165) is 0 Å². The van der Waals surface area contributed by atoms with Gasteiger partial charge in [0.25, 0.3) is 0 Å². The standard InChI is InChI=1S/C11H16N6O3/c18-10(12-1-9-2-13-15-14-9)16-3-7-5-17(11(19)20)6-8(7)4-16/h2,7-8H,1,3-6H2,(H,12,18)(H,19,20)(H,13,14,15). The number of urea groups is 1. The van der Waals surface area contributed by atoms with E-state index in [9.17, 15) is 9.59 Å². The van der Waals surface area contributed by atoms with Crippen molar-refractivity contribution in [3.05, 3.63) is 11.9 Å². The largest absolute Gasteiger partial charge is 0.465 e. The Morgan fingerprint density at radius 1 is 1.30 bits per heavy atom. The summed E-state index contributed by atoms with van der Waals surface area (Å²) in [4.78, 5) is 26.1. The normalized spacial score (nSPS) is 24.8. The Balaban J connectivity index is 1.49. The van der Waals surface area contributed by atoms with Crippen molar-refractivity contribution in [2.75, 3.05) is 26.2 Å². The van der Waals surface area contributed by atoms with Crippen molar-refractivity contribution in [2.24, 2.45) is 11.8 Å². The van der Waals surface area contributed by atoms with Gasteiger partial charge in [0.15, 0.2) is 0 Å². The molecule has 1 aromatic rings. The Kier molecular flexibility index (Phi) is 3.17. The number of carbonyl (C=O) groups is 2. The van der Waals surface area contributed by atoms with E-state index in [-0.39, 0.29) is 17.9 Å². The van der Waals surface area contributed by atoms with Crippen LogP contribution in [0.2, 0.25) is 0 Å². The molecule has 2 fully saturated rings. The summed E-state index contributed by atoms with van der Waals surface area (Å²) < 4.78 is 0. The predicted molar refractivity (Wildman–Crippen MR) is 66.8 cm³/mol. The molecule has 1 aromatic heterocycles. The molecule has 0 aliphatic carbocycles. The maximum Gasteiger partial charge on any atom is 0.407 e. The van der Waals surface area contributed by atoms with Gasteiger partial charge in [0.1, 0.15) is 5.69 Å². The molecule has 3 amide bonds. The van der Waals surface area contributed by atoms with Gasteiger partial charge >= 0.3 is 12.1 Å². The number of nitrogens with one attached hydrogen (secondary N) is 2. The predicted octanol–water partition coefficient (Wildman–Crippen LogP) is -0.444. The highest BCUT2D eigenvalue weighted by atomic mass is 16.4. The van der Waals surface area contributed by atoms with Crippen LogP contribution in [-0.2, 0) is 6.54 Å². The Hall–Kier alpha value is -2.32. The van der Waals surface area contributed by atoms with Gasteiger partial charge in [-0.2, -0.15) is 0 Å². The summed E-state index contributed by atoms with van der Waals surface area (Å²) in [6.45, 7) is 2.60. The molecule has 0 spiro atoms. The number of aromatic amines is 1. The smallest absolute Gasteiger partial charge is 0.407 e. The van der Waals surface area contributed by atoms with Crippen LogP contribution in [0.5, 0.6) is 0 Å². The van der Waals surface area contributed by atoms with Crippen LogP contribution >= 0.6 is 0 Å². The fourth-order valence-electron chi connectivity index (χ4n) is 2.90. The second-order valence-corrected chi connectivity index (χ2v) is 5.24. The van der Waals surface area contributed by atoms with Crippen LogP contribution in [0.3, 0.4) is 0 Å². The van der Waals surface area contributed by atoms with Gasteiger partial charge in [-0.1, -0.05) is 5.21 Å². The minimum absolute atomic E-state index is 0.135. The molecule has 3 N–H and O–H groups in total. The van der Waals surface area contributed by atoms with Crippen molar-refractivity contribution >= 4 is 12.1 Å². The Morgan fingerprint density at radius 3 is 2.50 bits per heavy atom. The van der Waals surface area contributed by atoms with Gasteiger partial charge in [0.05, 0.1) is 6.54 Å². The van der Waals surface area contributed by atoms with Crippen LogP contribution in [0.1, 0.15) is 5.69 Å². The third kappa shape index (κ3) is 2.38. The van der Waals surface area contributed by atoms with Crippen molar-refractivity contribution in [1.82, 2.24) is 30.5 Å². The summed E-state index contributed by atoms with van der Waals surface area (Å²) in [6.07, 6.45) is 0.755. The lowest BCUT2D eigenvalue weighted by Crippen LogP contribution is -2.40. The average Bonchev–Trinajstić information content (AvgIpc) is 3.10. The summed E-state index contributed by atoms with van der Waals surface area (Å²) in [5, 5.41) is 21.7. The molecule has 0 bridgehead atoms. The van der Waals surface area contributed by atoms with Crippen molar-refractivity contribution < 1.29 is 14.7 Å². The molecule has 0 saturated carbocycles. The maximum atomic E-state index is 12.0. The summed E-state index contributed by atoms with van der Waals surface area (Å²) in [5.41, 5.74) is 0.676. The minimum Gasteiger partial charge on any atom is -0.465 e. The van der Waals surface area contributed by atoms with E-state index in [2.05, 4.69) is 20.7 Å². The average molecular weight is 280 g/mol. The Morgan fingerprint density at radius 2 is 1.95 bits per heavy atom.